The van der Waals surface area contributed by atoms with Crippen molar-refractivity contribution in [2.45, 2.75) is 31.6 Å². The number of rotatable bonds is 5. The Labute approximate surface area is 196 Å². The average Bonchev–Trinajstić information content (AvgIpc) is 3.39. The first-order valence-corrected chi connectivity index (χ1v) is 12.1. The number of hydrogen-bond acceptors (Lipinski definition) is 6. The van der Waals surface area contributed by atoms with Crippen LogP contribution in [0.1, 0.15) is 30.9 Å². The molecule has 2 amide bonds. The lowest BCUT2D eigenvalue weighted by Gasteiger charge is -2.31. The van der Waals surface area contributed by atoms with Crippen molar-refractivity contribution in [3.05, 3.63) is 52.3 Å². The van der Waals surface area contributed by atoms with Crippen molar-refractivity contribution in [2.24, 2.45) is 0 Å². The summed E-state index contributed by atoms with van der Waals surface area (Å²) in [6.45, 7) is 9.74. The van der Waals surface area contributed by atoms with E-state index in [0.29, 0.717) is 22.4 Å². The summed E-state index contributed by atoms with van der Waals surface area (Å²) in [7, 11) is 0. The second-order valence-corrected chi connectivity index (χ2v) is 10.5. The second kappa shape index (κ2) is 8.08. The van der Waals surface area contributed by atoms with Crippen LogP contribution >= 0.6 is 22.9 Å². The van der Waals surface area contributed by atoms with E-state index >= 15 is 0 Å². The van der Waals surface area contributed by atoms with Crippen LogP contribution in [0.15, 0.2) is 36.8 Å². The zero-order valence-electron chi connectivity index (χ0n) is 18.1. The summed E-state index contributed by atoms with van der Waals surface area (Å²) in [5.74, 6) is 1.00. The van der Waals surface area contributed by atoms with E-state index in [1.807, 2.05) is 15.9 Å². The molecule has 32 heavy (non-hydrogen) atoms. The number of amides is 2. The van der Waals surface area contributed by atoms with Crippen LogP contribution in [0.5, 0.6) is 0 Å². The molecule has 168 valence electrons. The maximum absolute atomic E-state index is 12.5. The van der Waals surface area contributed by atoms with Gasteiger partial charge in [-0.05, 0) is 30.0 Å². The summed E-state index contributed by atoms with van der Waals surface area (Å²) >= 11 is 7.39. The second-order valence-electron chi connectivity index (χ2n) is 8.86. The van der Waals surface area contributed by atoms with Gasteiger partial charge in [-0.15, -0.1) is 0 Å². The standard InChI is InChI=1S/C23H26ClN5O2S/c1-15(26-22-25-12-20(24)32-22)29-14-23(6-9-28(13-23)16(2)30)18-10-17(4-5-19(18)29)11-21(31)27-7-3-8-27/h4-5,10,12H,1,3,6-9,11,13-14H2,2H3,(H,25,26). The number of thiazole rings is 1. The number of benzene rings is 1. The Hall–Kier alpha value is -2.58. The van der Waals surface area contributed by atoms with Crippen LogP contribution in [0.4, 0.5) is 10.8 Å². The highest BCUT2D eigenvalue weighted by atomic mass is 35.5. The van der Waals surface area contributed by atoms with Gasteiger partial charge in [0.05, 0.1) is 12.6 Å². The number of anilines is 2. The van der Waals surface area contributed by atoms with Crippen LogP contribution in [0.3, 0.4) is 0 Å². The van der Waals surface area contributed by atoms with E-state index in [-0.39, 0.29) is 17.2 Å². The lowest BCUT2D eigenvalue weighted by atomic mass is 9.81. The van der Waals surface area contributed by atoms with E-state index in [1.165, 1.54) is 16.9 Å². The number of nitrogens with one attached hydrogen (secondary N) is 1. The minimum absolute atomic E-state index is 0.0976. The van der Waals surface area contributed by atoms with E-state index in [1.54, 1.807) is 13.1 Å². The van der Waals surface area contributed by atoms with Crippen LogP contribution in [-0.2, 0) is 21.4 Å². The number of fused-ring (bicyclic) bond motifs is 2. The van der Waals surface area contributed by atoms with Gasteiger partial charge in [0.1, 0.15) is 10.2 Å². The predicted octanol–water partition coefficient (Wildman–Crippen LogP) is 3.46. The third kappa shape index (κ3) is 3.75. The molecule has 2 saturated heterocycles. The maximum Gasteiger partial charge on any atom is 0.226 e. The van der Waals surface area contributed by atoms with Crippen molar-refractivity contribution >= 4 is 45.6 Å². The Morgan fingerprint density at radius 2 is 2.06 bits per heavy atom. The predicted molar refractivity (Wildman–Crippen MR) is 127 cm³/mol. The third-order valence-electron chi connectivity index (χ3n) is 6.80. The zero-order chi connectivity index (χ0) is 22.5. The summed E-state index contributed by atoms with van der Waals surface area (Å²) in [6, 6.07) is 6.29. The van der Waals surface area contributed by atoms with Crippen LogP contribution in [0, 0.1) is 0 Å². The first kappa shape index (κ1) is 21.3. The molecule has 0 radical (unpaired) electrons. The number of halogens is 1. The molecule has 4 heterocycles. The van der Waals surface area contributed by atoms with Crippen LogP contribution in [0.25, 0.3) is 0 Å². The number of hydrogen-bond donors (Lipinski definition) is 1. The lowest BCUT2D eigenvalue weighted by molar-refractivity contribution is -0.133. The van der Waals surface area contributed by atoms with Gasteiger partial charge in [-0.1, -0.05) is 41.6 Å². The normalized spacial score (nSPS) is 21.6. The summed E-state index contributed by atoms with van der Waals surface area (Å²) in [5, 5.41) is 3.97. The van der Waals surface area contributed by atoms with Gasteiger partial charge in [0.25, 0.3) is 0 Å². The first-order valence-electron chi connectivity index (χ1n) is 10.9. The fourth-order valence-corrected chi connectivity index (χ4v) is 5.74. The highest BCUT2D eigenvalue weighted by molar-refractivity contribution is 7.19. The molecule has 3 aliphatic rings. The van der Waals surface area contributed by atoms with Crippen LogP contribution in [-0.4, -0.2) is 59.3 Å². The molecule has 7 nitrogen and oxygen atoms in total. The average molecular weight is 472 g/mol. The van der Waals surface area contributed by atoms with E-state index in [9.17, 15) is 9.59 Å². The Bertz CT molecular complexity index is 1100. The minimum atomic E-state index is -0.179. The molecule has 1 N–H and O–H groups in total. The number of likely N-dealkylation sites (tertiary alicyclic amines) is 2. The molecular weight excluding hydrogens is 446 g/mol. The van der Waals surface area contributed by atoms with E-state index in [4.69, 9.17) is 11.6 Å². The molecular formula is C23H26ClN5O2S. The SMILES string of the molecule is C=C(Nc1ncc(Cl)s1)N1CC2(CCN(C(C)=O)C2)c2cc(CC(=O)N3CCC3)ccc21. The molecule has 5 rings (SSSR count). The minimum Gasteiger partial charge on any atom is -0.342 e. The molecule has 3 aliphatic heterocycles. The number of carbonyl (C=O) groups excluding carboxylic acids is 2. The monoisotopic (exact) mass is 471 g/mol. The largest absolute Gasteiger partial charge is 0.342 e. The van der Waals surface area contributed by atoms with Crippen molar-refractivity contribution in [3.8, 4) is 0 Å². The Morgan fingerprint density at radius 1 is 1.25 bits per heavy atom. The molecule has 0 bridgehead atoms. The molecule has 2 fully saturated rings. The van der Waals surface area contributed by atoms with Gasteiger partial charge in [-0.25, -0.2) is 4.98 Å². The van der Waals surface area contributed by atoms with E-state index in [0.717, 1.165) is 56.1 Å². The summed E-state index contributed by atoms with van der Waals surface area (Å²) in [5.41, 5.74) is 3.10. The molecule has 9 heteroatoms. The molecule has 1 spiro atoms. The smallest absolute Gasteiger partial charge is 0.226 e. The van der Waals surface area contributed by atoms with E-state index in [2.05, 4.69) is 33.9 Å². The van der Waals surface area contributed by atoms with Crippen LogP contribution in [0.2, 0.25) is 4.34 Å². The third-order valence-corrected chi connectivity index (χ3v) is 7.83. The van der Waals surface area contributed by atoms with Crippen molar-refractivity contribution in [2.75, 3.05) is 42.9 Å². The topological polar surface area (TPSA) is 68.8 Å². The molecule has 1 unspecified atom stereocenters. The molecule has 1 aromatic heterocycles. The Balaban J connectivity index is 1.45. The van der Waals surface area contributed by atoms with Crippen molar-refractivity contribution < 1.29 is 9.59 Å². The summed E-state index contributed by atoms with van der Waals surface area (Å²) in [4.78, 5) is 34.9. The van der Waals surface area contributed by atoms with Gasteiger partial charge < -0.3 is 20.0 Å². The molecule has 2 aromatic rings. The van der Waals surface area contributed by atoms with Gasteiger partial charge in [-0.2, -0.15) is 0 Å². The van der Waals surface area contributed by atoms with Gasteiger partial charge in [0.2, 0.25) is 11.8 Å². The van der Waals surface area contributed by atoms with Gasteiger partial charge in [0, 0.05) is 50.7 Å². The van der Waals surface area contributed by atoms with Gasteiger partial charge in [-0.3, -0.25) is 9.59 Å². The fourth-order valence-electron chi connectivity index (χ4n) is 4.91. The highest BCUT2D eigenvalue weighted by Gasteiger charge is 2.48. The molecule has 0 aliphatic carbocycles. The zero-order valence-corrected chi connectivity index (χ0v) is 19.6. The maximum atomic E-state index is 12.5. The van der Waals surface area contributed by atoms with Crippen molar-refractivity contribution in [1.82, 2.24) is 14.8 Å². The first-order chi connectivity index (χ1) is 15.3. The Morgan fingerprint density at radius 3 is 2.69 bits per heavy atom. The van der Waals surface area contributed by atoms with Gasteiger partial charge in [0.15, 0.2) is 5.13 Å². The molecule has 1 atom stereocenters. The number of nitrogens with zero attached hydrogens (tertiary/aromatic N) is 4. The van der Waals surface area contributed by atoms with Gasteiger partial charge >= 0.3 is 0 Å². The molecule has 1 aromatic carbocycles. The summed E-state index contributed by atoms with van der Waals surface area (Å²) < 4.78 is 0.614. The summed E-state index contributed by atoms with van der Waals surface area (Å²) in [6.07, 6.45) is 4.01. The van der Waals surface area contributed by atoms with Crippen molar-refractivity contribution in [3.63, 3.8) is 0 Å². The fraction of sp³-hybridized carbons (Fsp3) is 0.435. The van der Waals surface area contributed by atoms with Crippen LogP contribution < -0.4 is 10.2 Å². The van der Waals surface area contributed by atoms with Crippen molar-refractivity contribution in [1.29, 1.82) is 0 Å². The molecule has 0 saturated carbocycles. The Kier molecular flexibility index (Phi) is 5.37. The highest BCUT2D eigenvalue weighted by Crippen LogP contribution is 2.48. The number of carbonyl (C=O) groups is 2. The quantitative estimate of drug-likeness (QED) is 0.723. The lowest BCUT2D eigenvalue weighted by Crippen LogP contribution is -2.42. The number of aromatic nitrogens is 1. The van der Waals surface area contributed by atoms with E-state index < -0.39 is 0 Å².